The van der Waals surface area contributed by atoms with Gasteiger partial charge in [0.2, 0.25) is 0 Å². The number of ether oxygens (including phenoxy) is 1. The number of rotatable bonds is 6. The van der Waals surface area contributed by atoms with Gasteiger partial charge in [-0.2, -0.15) is 0 Å². The molecule has 0 fully saturated rings. The van der Waals surface area contributed by atoms with Crippen LogP contribution >= 0.6 is 0 Å². The second kappa shape index (κ2) is 7.19. The molecule has 0 bridgehead atoms. The monoisotopic (exact) mass is 388 g/mol. The van der Waals surface area contributed by atoms with E-state index in [1.165, 1.54) is 31.3 Å². The predicted molar refractivity (Wildman–Crippen MR) is 104 cm³/mol. The summed E-state index contributed by atoms with van der Waals surface area (Å²) in [5.74, 6) is 0. The Hall–Kier alpha value is -1.12. The molecule has 3 heteroatoms. The predicted octanol–water partition coefficient (Wildman–Crippen LogP) is 5.42. The van der Waals surface area contributed by atoms with Crippen LogP contribution in [0.15, 0.2) is 54.6 Å². The van der Waals surface area contributed by atoms with Crippen molar-refractivity contribution in [2.75, 3.05) is 6.61 Å². The maximum absolute atomic E-state index is 6.09. The van der Waals surface area contributed by atoms with Crippen LogP contribution in [0.1, 0.15) is 5.56 Å². The molecule has 3 rings (SSSR count). The van der Waals surface area contributed by atoms with Gasteiger partial charge in [0.05, 0.1) is 0 Å². The van der Waals surface area contributed by atoms with Crippen LogP contribution in [-0.4, -0.2) is 29.2 Å². The molecule has 120 valence electrons. The molecule has 0 unspecified atom stereocenters. The molecule has 0 amide bonds. The van der Waals surface area contributed by atoms with Crippen LogP contribution in [-0.2, 0) is 11.3 Å². The zero-order valence-electron chi connectivity index (χ0n) is 14.1. The van der Waals surface area contributed by atoms with Crippen molar-refractivity contribution >= 4 is 32.2 Å². The molecule has 1 heterocycles. The summed E-state index contributed by atoms with van der Waals surface area (Å²) in [7, 11) is -1.02. The third-order valence-corrected chi connectivity index (χ3v) is 8.33. The van der Waals surface area contributed by atoms with E-state index in [1.54, 1.807) is 0 Å². The third kappa shape index (κ3) is 4.24. The van der Waals surface area contributed by atoms with Crippen molar-refractivity contribution in [1.82, 2.24) is 0 Å². The van der Waals surface area contributed by atoms with E-state index >= 15 is 0 Å². The van der Waals surface area contributed by atoms with Crippen LogP contribution in [0, 0.1) is 0 Å². The minimum atomic E-state index is -1.02. The summed E-state index contributed by atoms with van der Waals surface area (Å²) in [6, 6.07) is 20.9. The van der Waals surface area contributed by atoms with Crippen molar-refractivity contribution in [3.8, 4) is 10.0 Å². The molecule has 0 aliphatic carbocycles. The molecule has 2 aromatic carbocycles. The van der Waals surface area contributed by atoms with Crippen LogP contribution in [0.3, 0.4) is 0 Å². The first-order valence-corrected chi connectivity index (χ1v) is 13.6. The first-order chi connectivity index (χ1) is 11.0. The molecule has 0 aliphatic heterocycles. The van der Waals surface area contributed by atoms with Gasteiger partial charge >= 0.3 is 146 Å². The summed E-state index contributed by atoms with van der Waals surface area (Å²) < 4.78 is 9.07. The van der Waals surface area contributed by atoms with Crippen LogP contribution in [0.4, 0.5) is 0 Å². The Morgan fingerprint density at radius 1 is 0.913 bits per heavy atom. The van der Waals surface area contributed by atoms with Crippen molar-refractivity contribution in [2.24, 2.45) is 0 Å². The first-order valence-electron chi connectivity index (χ1n) is 8.18. The quantitative estimate of drug-likeness (QED) is 0.405. The normalized spacial score (nSPS) is 12.0. The Bertz CT molecular complexity index is 771. The van der Waals surface area contributed by atoms with Crippen LogP contribution in [0.2, 0.25) is 25.7 Å². The SMILES string of the molecule is C[Si](C)(C)CCOCc1c(-c2ccccc2)[se]c2ccccc12. The van der Waals surface area contributed by atoms with Gasteiger partial charge in [-0.3, -0.25) is 0 Å². The van der Waals surface area contributed by atoms with E-state index < -0.39 is 8.07 Å². The van der Waals surface area contributed by atoms with Gasteiger partial charge in [0.1, 0.15) is 0 Å². The van der Waals surface area contributed by atoms with Gasteiger partial charge < -0.3 is 0 Å². The maximum atomic E-state index is 6.09. The third-order valence-electron chi connectivity index (χ3n) is 3.98. The molecule has 1 nitrogen and oxygen atoms in total. The second-order valence-electron chi connectivity index (χ2n) is 7.14. The van der Waals surface area contributed by atoms with Gasteiger partial charge in [-0.25, -0.2) is 0 Å². The molecule has 0 spiro atoms. The van der Waals surface area contributed by atoms with E-state index in [-0.39, 0.29) is 0 Å². The van der Waals surface area contributed by atoms with Gasteiger partial charge in [0.15, 0.2) is 0 Å². The average Bonchev–Trinajstić information content (AvgIpc) is 2.90. The molecule has 1 aromatic heterocycles. The Labute approximate surface area is 146 Å². The van der Waals surface area contributed by atoms with Gasteiger partial charge in [-0.1, -0.05) is 0 Å². The van der Waals surface area contributed by atoms with Crippen molar-refractivity contribution in [3.63, 3.8) is 0 Å². The molecule has 3 aromatic rings. The van der Waals surface area contributed by atoms with Crippen LogP contribution in [0.5, 0.6) is 0 Å². The molecule has 0 atom stereocenters. The molecule has 0 aliphatic rings. The van der Waals surface area contributed by atoms with Crippen molar-refractivity contribution in [2.45, 2.75) is 32.3 Å². The molecule has 0 saturated heterocycles. The molecular formula is C20H24OSeSi. The molecule has 0 saturated carbocycles. The van der Waals surface area contributed by atoms with Crippen molar-refractivity contribution in [1.29, 1.82) is 0 Å². The van der Waals surface area contributed by atoms with E-state index in [0.717, 1.165) is 13.2 Å². The number of hydrogen-bond donors (Lipinski definition) is 0. The first kappa shape index (κ1) is 16.7. The molecular weight excluding hydrogens is 363 g/mol. The fourth-order valence-electron chi connectivity index (χ4n) is 2.62. The van der Waals surface area contributed by atoms with E-state index in [1.807, 2.05) is 0 Å². The summed E-state index contributed by atoms with van der Waals surface area (Å²) >= 11 is 0.384. The fraction of sp³-hybridized carbons (Fsp3) is 0.300. The summed E-state index contributed by atoms with van der Waals surface area (Å²) in [4.78, 5) is 0. The van der Waals surface area contributed by atoms with Crippen molar-refractivity contribution in [3.05, 3.63) is 60.2 Å². The van der Waals surface area contributed by atoms with E-state index in [9.17, 15) is 0 Å². The van der Waals surface area contributed by atoms with Gasteiger partial charge in [-0.05, 0) is 0 Å². The van der Waals surface area contributed by atoms with Gasteiger partial charge in [0, 0.05) is 0 Å². The molecule has 23 heavy (non-hydrogen) atoms. The zero-order chi connectivity index (χ0) is 16.3. The topological polar surface area (TPSA) is 9.23 Å². The molecule has 0 N–H and O–H groups in total. The Morgan fingerprint density at radius 2 is 1.61 bits per heavy atom. The Balaban J connectivity index is 1.88. The zero-order valence-corrected chi connectivity index (χ0v) is 16.8. The van der Waals surface area contributed by atoms with E-state index in [4.69, 9.17) is 4.74 Å². The average molecular weight is 387 g/mol. The molecule has 0 radical (unpaired) electrons. The summed E-state index contributed by atoms with van der Waals surface area (Å²) in [6.45, 7) is 8.83. The number of fused-ring (bicyclic) bond motifs is 1. The number of benzene rings is 2. The fourth-order valence-corrected chi connectivity index (χ4v) is 5.92. The van der Waals surface area contributed by atoms with E-state index in [2.05, 4.69) is 74.2 Å². The standard InChI is InChI=1S/C20H24OSeSi/c1-23(2,3)14-13-21-15-18-17-11-7-8-12-19(17)22-20(18)16-9-5-4-6-10-16/h4-12H,13-15H2,1-3H3. The minimum absolute atomic E-state index is 0.384. The van der Waals surface area contributed by atoms with E-state index in [0.29, 0.717) is 14.5 Å². The van der Waals surface area contributed by atoms with Crippen molar-refractivity contribution < 1.29 is 4.74 Å². The van der Waals surface area contributed by atoms with Gasteiger partial charge in [0.25, 0.3) is 0 Å². The summed E-state index contributed by atoms with van der Waals surface area (Å²) in [5.41, 5.74) is 2.76. The summed E-state index contributed by atoms with van der Waals surface area (Å²) in [6.07, 6.45) is 0. The van der Waals surface area contributed by atoms with Crippen LogP contribution in [0.25, 0.3) is 19.6 Å². The van der Waals surface area contributed by atoms with Crippen LogP contribution < -0.4 is 0 Å². The van der Waals surface area contributed by atoms with Gasteiger partial charge in [-0.15, -0.1) is 0 Å². The number of hydrogen-bond acceptors (Lipinski definition) is 1. The second-order valence-corrected chi connectivity index (χ2v) is 15.0. The Morgan fingerprint density at radius 3 is 2.35 bits per heavy atom. The summed E-state index contributed by atoms with van der Waals surface area (Å²) in [5, 5.41) is 1.40. The Kier molecular flexibility index (Phi) is 5.23.